The monoisotopic (exact) mass is 478 g/mol. The Kier molecular flexibility index (Phi) is 6.59. The van der Waals surface area contributed by atoms with Gasteiger partial charge in [-0.3, -0.25) is 0 Å². The van der Waals surface area contributed by atoms with Crippen LogP contribution in [0.3, 0.4) is 0 Å². The molecule has 0 fully saturated rings. The number of hydrogen-bond acceptors (Lipinski definition) is 4. The van der Waals surface area contributed by atoms with Crippen LogP contribution in [0.1, 0.15) is 18.6 Å². The van der Waals surface area contributed by atoms with Crippen LogP contribution >= 0.6 is 0 Å². The minimum atomic E-state index is -4.77. The second kappa shape index (κ2) is 9.42. The third-order valence-electron chi connectivity index (χ3n) is 4.97. The highest BCUT2D eigenvalue weighted by Gasteiger charge is 2.54. The number of nitrogens with one attached hydrogen (secondary N) is 1. The summed E-state index contributed by atoms with van der Waals surface area (Å²) >= 11 is -2.98. The van der Waals surface area contributed by atoms with E-state index in [0.29, 0.717) is 17.0 Å². The molecule has 1 unspecified atom stereocenters. The second-order valence-corrected chi connectivity index (χ2v) is 8.61. The number of benzene rings is 3. The van der Waals surface area contributed by atoms with Gasteiger partial charge < -0.3 is 4.74 Å². The minimum absolute atomic E-state index is 0.350. The quantitative estimate of drug-likeness (QED) is 0.261. The van der Waals surface area contributed by atoms with Gasteiger partial charge in [0.05, 0.1) is 23.4 Å². The fourth-order valence-electron chi connectivity index (χ4n) is 3.43. The van der Waals surface area contributed by atoms with E-state index in [2.05, 4.69) is 9.82 Å². The molecule has 0 aliphatic rings. The summed E-state index contributed by atoms with van der Waals surface area (Å²) in [6, 6.07) is 19.0. The zero-order valence-corrected chi connectivity index (χ0v) is 18.1. The van der Waals surface area contributed by atoms with Gasteiger partial charge in [0.2, 0.25) is 0 Å². The normalized spacial score (nSPS) is 14.7. The van der Waals surface area contributed by atoms with Crippen molar-refractivity contribution in [1.29, 1.82) is 0 Å². The molecule has 33 heavy (non-hydrogen) atoms. The minimum Gasteiger partial charge on any atom is -0.484 e. The highest BCUT2D eigenvalue weighted by molar-refractivity contribution is 7.90. The fraction of sp³-hybridized carbons (Fsp3) is 0.174. The van der Waals surface area contributed by atoms with E-state index < -0.39 is 29.0 Å². The number of aromatic nitrogens is 2. The lowest BCUT2D eigenvalue weighted by atomic mass is 10.0. The van der Waals surface area contributed by atoms with Gasteiger partial charge >= 0.3 is 16.9 Å². The third-order valence-corrected chi connectivity index (χ3v) is 6.01. The predicted molar refractivity (Wildman–Crippen MR) is 119 cm³/mol. The van der Waals surface area contributed by atoms with Crippen LogP contribution in [0.2, 0.25) is 0 Å². The van der Waals surface area contributed by atoms with E-state index in [9.17, 15) is 22.1 Å². The summed E-state index contributed by atoms with van der Waals surface area (Å²) in [7, 11) is 0. The molecule has 0 bridgehead atoms. The van der Waals surface area contributed by atoms with Crippen LogP contribution in [0.4, 0.5) is 17.6 Å². The molecule has 10 heteroatoms. The zero-order chi connectivity index (χ0) is 23.6. The molecule has 0 saturated carbocycles. The Morgan fingerprint density at radius 2 is 1.73 bits per heavy atom. The van der Waals surface area contributed by atoms with E-state index in [4.69, 9.17) is 4.74 Å². The molecule has 0 aliphatic heterocycles. The number of rotatable bonds is 7. The van der Waals surface area contributed by atoms with E-state index in [1.54, 1.807) is 71.5 Å². The SMILES string of the molecule is C[C@H](N[S+](O)C(F)(F)F)[C@H](Oc1ccc2c(cnn2-c2ccc(F)cc2)c1)c1ccccc1. The summed E-state index contributed by atoms with van der Waals surface area (Å²) in [5.41, 5.74) is -2.69. The Labute approximate surface area is 190 Å². The molecule has 0 spiro atoms. The summed E-state index contributed by atoms with van der Waals surface area (Å²) in [6.45, 7) is 1.52. The third kappa shape index (κ3) is 5.29. The van der Waals surface area contributed by atoms with E-state index in [1.165, 1.54) is 19.1 Å². The molecule has 1 heterocycles. The molecule has 5 nitrogen and oxygen atoms in total. The Hall–Kier alpha value is -3.08. The zero-order valence-electron chi connectivity index (χ0n) is 17.3. The summed E-state index contributed by atoms with van der Waals surface area (Å²) in [5, 5.41) is 5.08. The van der Waals surface area contributed by atoms with Gasteiger partial charge in [0.15, 0.2) is 0 Å². The van der Waals surface area contributed by atoms with Gasteiger partial charge in [-0.25, -0.2) is 9.07 Å². The van der Waals surface area contributed by atoms with Crippen molar-refractivity contribution in [1.82, 2.24) is 14.5 Å². The van der Waals surface area contributed by atoms with Crippen molar-refractivity contribution >= 4 is 22.3 Å². The van der Waals surface area contributed by atoms with Crippen molar-refractivity contribution in [3.63, 3.8) is 0 Å². The molecular weight excluding hydrogens is 458 g/mol. The average Bonchev–Trinajstić information content (AvgIpc) is 3.21. The Bertz CT molecular complexity index is 1220. The number of alkyl halides is 3. The molecule has 2 N–H and O–H groups in total. The Balaban J connectivity index is 1.61. The fourth-order valence-corrected chi connectivity index (χ4v) is 4.03. The van der Waals surface area contributed by atoms with Crippen molar-refractivity contribution in [3.05, 3.63) is 90.4 Å². The van der Waals surface area contributed by atoms with E-state index >= 15 is 0 Å². The molecule has 4 aromatic rings. The molecule has 4 rings (SSSR count). The van der Waals surface area contributed by atoms with Crippen molar-refractivity contribution < 1.29 is 26.9 Å². The van der Waals surface area contributed by atoms with E-state index in [1.807, 2.05) is 0 Å². The first-order chi connectivity index (χ1) is 15.7. The van der Waals surface area contributed by atoms with Crippen LogP contribution in [0.5, 0.6) is 5.75 Å². The topological polar surface area (TPSA) is 59.3 Å². The van der Waals surface area contributed by atoms with Gasteiger partial charge in [-0.15, -0.1) is 13.2 Å². The molecule has 172 valence electrons. The van der Waals surface area contributed by atoms with Gasteiger partial charge in [-0.1, -0.05) is 35.1 Å². The van der Waals surface area contributed by atoms with Gasteiger partial charge in [0, 0.05) is 5.39 Å². The maximum atomic E-state index is 13.2. The molecule has 3 aromatic carbocycles. The van der Waals surface area contributed by atoms with Crippen molar-refractivity contribution in [3.8, 4) is 11.4 Å². The smallest absolute Gasteiger partial charge is 0.484 e. The highest BCUT2D eigenvalue weighted by atomic mass is 32.2. The molecule has 1 aromatic heterocycles. The van der Waals surface area contributed by atoms with Gasteiger partial charge in [-0.05, 0) is 55.0 Å². The second-order valence-electron chi connectivity index (χ2n) is 7.34. The van der Waals surface area contributed by atoms with E-state index in [-0.39, 0.29) is 5.82 Å². The number of nitrogens with zero attached hydrogens (tertiary/aromatic N) is 2. The molecule has 0 amide bonds. The van der Waals surface area contributed by atoms with Crippen LogP contribution in [-0.2, 0) is 11.4 Å². The van der Waals surface area contributed by atoms with Crippen LogP contribution in [0.25, 0.3) is 16.6 Å². The highest BCUT2D eigenvalue weighted by Crippen LogP contribution is 2.30. The summed E-state index contributed by atoms with van der Waals surface area (Å²) in [6.07, 6.45) is 0.819. The van der Waals surface area contributed by atoms with Crippen LogP contribution in [-0.4, -0.2) is 25.9 Å². The number of fused-ring (bicyclic) bond motifs is 1. The number of halogens is 4. The predicted octanol–water partition coefficient (Wildman–Crippen LogP) is 5.79. The summed E-state index contributed by atoms with van der Waals surface area (Å²) in [4.78, 5) is 0. The maximum absolute atomic E-state index is 13.2. The number of ether oxygens (including phenoxy) is 1. The lowest BCUT2D eigenvalue weighted by Crippen LogP contribution is -2.44. The molecule has 0 aliphatic carbocycles. The van der Waals surface area contributed by atoms with Crippen molar-refractivity contribution in [2.45, 2.75) is 24.6 Å². The first-order valence-electron chi connectivity index (χ1n) is 9.94. The standard InChI is InChI=1S/C23H20F4N3O2S/c1-15(29-33(31)23(25,26)27)22(16-5-3-2-4-6-16)32-20-11-12-21-17(13-20)14-28-30(21)19-9-7-18(24)8-10-19/h2-15,22,29,31H,1H3/q+1/t15-,22-,33?/m0/s1. The van der Waals surface area contributed by atoms with E-state index in [0.717, 1.165) is 10.9 Å². The lowest BCUT2D eigenvalue weighted by Gasteiger charge is -2.24. The van der Waals surface area contributed by atoms with Gasteiger partial charge in [0.25, 0.3) is 0 Å². The Morgan fingerprint density at radius 3 is 2.39 bits per heavy atom. The molecular formula is C23H20F4N3O2S+. The first kappa shape index (κ1) is 23.1. The van der Waals surface area contributed by atoms with Crippen molar-refractivity contribution in [2.24, 2.45) is 0 Å². The Morgan fingerprint density at radius 1 is 1.03 bits per heavy atom. The summed E-state index contributed by atoms with van der Waals surface area (Å²) in [5.74, 6) is 0.0744. The van der Waals surface area contributed by atoms with Crippen LogP contribution in [0, 0.1) is 5.82 Å². The summed E-state index contributed by atoms with van der Waals surface area (Å²) < 4.78 is 71.3. The maximum Gasteiger partial charge on any atom is 0.629 e. The molecule has 0 saturated heterocycles. The van der Waals surface area contributed by atoms with Gasteiger partial charge in [0.1, 0.15) is 17.7 Å². The average molecular weight is 478 g/mol. The van der Waals surface area contributed by atoms with Gasteiger partial charge in [-0.2, -0.15) is 9.65 Å². The van der Waals surface area contributed by atoms with Crippen LogP contribution in [0.15, 0.2) is 79.0 Å². The largest absolute Gasteiger partial charge is 0.629 e. The lowest BCUT2D eigenvalue weighted by molar-refractivity contribution is -0.0447. The van der Waals surface area contributed by atoms with Crippen molar-refractivity contribution in [2.75, 3.05) is 0 Å². The molecule has 0 radical (unpaired) electrons. The molecule has 3 atom stereocenters. The van der Waals surface area contributed by atoms with Crippen LogP contribution < -0.4 is 9.46 Å². The first-order valence-corrected chi connectivity index (χ1v) is 11.1. The number of hydrogen-bond donors (Lipinski definition) is 2.